The molecule has 3 aliphatic heterocycles. The van der Waals surface area contributed by atoms with Crippen molar-refractivity contribution < 1.29 is 18.8 Å². The molecule has 0 aliphatic carbocycles. The molecule has 2 fully saturated rings. The molecule has 1 aromatic carbocycles. The number of hydrogen-bond donors (Lipinski definition) is 1. The maximum Gasteiger partial charge on any atom is 0.255 e. The first kappa shape index (κ1) is 20.8. The van der Waals surface area contributed by atoms with Gasteiger partial charge in [0.1, 0.15) is 11.9 Å². The number of amides is 3. The number of aryl methyl sites for hydroxylation is 1. The van der Waals surface area contributed by atoms with Crippen molar-refractivity contribution in [2.75, 3.05) is 13.1 Å². The van der Waals surface area contributed by atoms with Crippen LogP contribution in [0.2, 0.25) is 0 Å². The topological polar surface area (TPSA) is 87.5 Å². The van der Waals surface area contributed by atoms with Crippen LogP contribution in [-0.2, 0) is 29.7 Å². The van der Waals surface area contributed by atoms with Gasteiger partial charge in [0.25, 0.3) is 5.91 Å². The molecule has 1 atom stereocenters. The van der Waals surface area contributed by atoms with Crippen LogP contribution in [0.25, 0.3) is 0 Å². The second-order valence-corrected chi connectivity index (χ2v) is 8.95. The van der Waals surface area contributed by atoms with Crippen molar-refractivity contribution in [2.24, 2.45) is 7.05 Å². The number of aromatic nitrogens is 2. The van der Waals surface area contributed by atoms with E-state index in [9.17, 15) is 18.8 Å². The number of nitrogens with zero attached hydrogens (tertiary/aromatic N) is 4. The molecule has 2 aromatic rings. The monoisotopic (exact) mass is 439 g/mol. The highest BCUT2D eigenvalue weighted by molar-refractivity contribution is 6.05. The molecule has 0 saturated carbocycles. The summed E-state index contributed by atoms with van der Waals surface area (Å²) in [5.41, 5.74) is 3.08. The predicted molar refractivity (Wildman–Crippen MR) is 113 cm³/mol. The predicted octanol–water partition coefficient (Wildman–Crippen LogP) is 1.70. The fourth-order valence-corrected chi connectivity index (χ4v) is 5.20. The zero-order valence-corrected chi connectivity index (χ0v) is 18.0. The maximum atomic E-state index is 14.5. The summed E-state index contributed by atoms with van der Waals surface area (Å²) < 4.78 is 16.3. The zero-order chi connectivity index (χ0) is 22.4. The number of rotatable bonds is 4. The lowest BCUT2D eigenvalue weighted by Crippen LogP contribution is -2.52. The number of halogens is 1. The fourth-order valence-electron chi connectivity index (χ4n) is 5.20. The van der Waals surface area contributed by atoms with E-state index in [2.05, 4.69) is 15.3 Å². The van der Waals surface area contributed by atoms with Crippen molar-refractivity contribution in [3.8, 4) is 0 Å². The molecule has 2 saturated heterocycles. The van der Waals surface area contributed by atoms with Gasteiger partial charge in [-0.15, -0.1) is 0 Å². The van der Waals surface area contributed by atoms with Crippen molar-refractivity contribution in [1.29, 1.82) is 0 Å². The molecule has 4 heterocycles. The van der Waals surface area contributed by atoms with E-state index in [-0.39, 0.29) is 30.7 Å². The summed E-state index contributed by atoms with van der Waals surface area (Å²) >= 11 is 0. The molecule has 1 aromatic heterocycles. The van der Waals surface area contributed by atoms with Gasteiger partial charge in [-0.05, 0) is 67.6 Å². The number of piperidine rings is 2. The average molecular weight is 439 g/mol. The molecular formula is C23H26FN5O3. The third-order valence-electron chi connectivity index (χ3n) is 6.84. The number of carbonyl (C=O) groups is 3. The maximum absolute atomic E-state index is 14.5. The Balaban J connectivity index is 1.32. The van der Waals surface area contributed by atoms with Crippen molar-refractivity contribution in [1.82, 2.24) is 24.9 Å². The Morgan fingerprint density at radius 2 is 1.94 bits per heavy atom. The second kappa shape index (κ2) is 8.12. The highest BCUT2D eigenvalue weighted by atomic mass is 19.1. The van der Waals surface area contributed by atoms with Gasteiger partial charge in [-0.1, -0.05) is 0 Å². The van der Waals surface area contributed by atoms with Crippen molar-refractivity contribution in [2.45, 2.75) is 50.7 Å². The van der Waals surface area contributed by atoms with Gasteiger partial charge in [-0.3, -0.25) is 29.3 Å². The summed E-state index contributed by atoms with van der Waals surface area (Å²) in [5.74, 6) is -1.36. The first-order valence-corrected chi connectivity index (χ1v) is 11.1. The Kier molecular flexibility index (Phi) is 5.28. The molecule has 168 valence electrons. The van der Waals surface area contributed by atoms with E-state index in [1.807, 2.05) is 19.3 Å². The Morgan fingerprint density at radius 3 is 2.62 bits per heavy atom. The quantitative estimate of drug-likeness (QED) is 0.733. The summed E-state index contributed by atoms with van der Waals surface area (Å²) in [7, 11) is 1.90. The largest absolute Gasteiger partial charge is 0.322 e. The van der Waals surface area contributed by atoms with Gasteiger partial charge in [-0.25, -0.2) is 4.39 Å². The van der Waals surface area contributed by atoms with Crippen LogP contribution in [0.3, 0.4) is 0 Å². The first-order chi connectivity index (χ1) is 15.4. The van der Waals surface area contributed by atoms with Crippen LogP contribution in [-0.4, -0.2) is 56.4 Å². The molecule has 9 heteroatoms. The highest BCUT2D eigenvalue weighted by Gasteiger charge is 2.41. The molecule has 0 bridgehead atoms. The highest BCUT2D eigenvalue weighted by Crippen LogP contribution is 2.37. The third kappa shape index (κ3) is 3.81. The molecule has 1 N–H and O–H groups in total. The van der Waals surface area contributed by atoms with Gasteiger partial charge in [-0.2, -0.15) is 5.10 Å². The van der Waals surface area contributed by atoms with Crippen molar-refractivity contribution >= 4 is 17.7 Å². The fraction of sp³-hybridized carbons (Fsp3) is 0.478. The first-order valence-electron chi connectivity index (χ1n) is 11.1. The van der Waals surface area contributed by atoms with E-state index >= 15 is 0 Å². The van der Waals surface area contributed by atoms with Gasteiger partial charge in [0.15, 0.2) is 0 Å². The Labute approximate surface area is 185 Å². The van der Waals surface area contributed by atoms with Crippen LogP contribution in [0.1, 0.15) is 58.8 Å². The van der Waals surface area contributed by atoms with E-state index in [4.69, 9.17) is 0 Å². The minimum absolute atomic E-state index is 0.161. The minimum Gasteiger partial charge on any atom is -0.322 e. The van der Waals surface area contributed by atoms with E-state index in [0.29, 0.717) is 12.0 Å². The molecule has 8 nitrogen and oxygen atoms in total. The lowest BCUT2D eigenvalue weighted by atomic mass is 9.85. The lowest BCUT2D eigenvalue weighted by Gasteiger charge is -2.33. The number of benzene rings is 1. The van der Waals surface area contributed by atoms with Gasteiger partial charge in [0.05, 0.1) is 5.69 Å². The summed E-state index contributed by atoms with van der Waals surface area (Å²) in [6.45, 7) is 2.81. The van der Waals surface area contributed by atoms with Gasteiger partial charge < -0.3 is 4.90 Å². The van der Waals surface area contributed by atoms with Crippen molar-refractivity contribution in [3.05, 3.63) is 52.6 Å². The van der Waals surface area contributed by atoms with Crippen molar-refractivity contribution in [3.63, 3.8) is 0 Å². The second-order valence-electron chi connectivity index (χ2n) is 8.95. The van der Waals surface area contributed by atoms with Crippen LogP contribution in [0, 0.1) is 5.82 Å². The van der Waals surface area contributed by atoms with E-state index in [1.165, 1.54) is 11.0 Å². The number of hydrogen-bond acceptors (Lipinski definition) is 5. The lowest BCUT2D eigenvalue weighted by molar-refractivity contribution is -0.136. The Hall–Kier alpha value is -3.07. The van der Waals surface area contributed by atoms with Gasteiger partial charge in [0, 0.05) is 38.3 Å². The minimum atomic E-state index is -0.691. The van der Waals surface area contributed by atoms with Crippen LogP contribution >= 0.6 is 0 Å². The van der Waals surface area contributed by atoms with Crippen LogP contribution < -0.4 is 5.32 Å². The standard InChI is InChI=1S/C23H26FN5O3/c1-27-7-6-16(26-27)12-28-8-4-14(5-9-28)17-10-15(24)11-18-19(17)13-29(23(18)32)20-2-3-21(30)25-22(20)31/h6-7,10-11,14,20H,2-5,8-9,12-13H2,1H3,(H,25,30,31). The number of carbonyl (C=O) groups excluding carboxylic acids is 3. The summed E-state index contributed by atoms with van der Waals surface area (Å²) in [5, 5.41) is 6.75. The number of likely N-dealkylation sites (tertiary alicyclic amines) is 1. The van der Waals surface area contributed by atoms with Gasteiger partial charge in [0.2, 0.25) is 11.8 Å². The summed E-state index contributed by atoms with van der Waals surface area (Å²) in [6.07, 6.45) is 4.18. The van der Waals surface area contributed by atoms with Crippen LogP contribution in [0.15, 0.2) is 24.4 Å². The third-order valence-corrected chi connectivity index (χ3v) is 6.84. The van der Waals surface area contributed by atoms with Crippen LogP contribution in [0.5, 0.6) is 0 Å². The molecule has 5 rings (SSSR count). The summed E-state index contributed by atoms with van der Waals surface area (Å²) in [4.78, 5) is 40.7. The SMILES string of the molecule is Cn1ccc(CN2CCC(c3cc(F)cc4c3CN(C3CCC(=O)NC3=O)C4=O)CC2)n1. The number of nitrogens with one attached hydrogen (secondary N) is 1. The number of fused-ring (bicyclic) bond motifs is 1. The summed E-state index contributed by atoms with van der Waals surface area (Å²) in [6, 6.07) is 4.16. The molecule has 0 spiro atoms. The molecule has 32 heavy (non-hydrogen) atoms. The normalized spacial score (nSPS) is 22.4. The Morgan fingerprint density at radius 1 is 1.16 bits per heavy atom. The zero-order valence-electron chi connectivity index (χ0n) is 18.0. The van der Waals surface area contributed by atoms with E-state index < -0.39 is 17.8 Å². The van der Waals surface area contributed by atoms with E-state index in [0.717, 1.165) is 49.3 Å². The van der Waals surface area contributed by atoms with Gasteiger partial charge >= 0.3 is 0 Å². The average Bonchev–Trinajstić information content (AvgIpc) is 3.31. The molecule has 3 aliphatic rings. The molecular weight excluding hydrogens is 413 g/mol. The van der Waals surface area contributed by atoms with Crippen LogP contribution in [0.4, 0.5) is 4.39 Å². The van der Waals surface area contributed by atoms with E-state index in [1.54, 1.807) is 10.7 Å². The smallest absolute Gasteiger partial charge is 0.255 e. The number of imide groups is 1. The molecule has 1 unspecified atom stereocenters. The molecule has 3 amide bonds. The molecule has 0 radical (unpaired) electrons. The Bertz CT molecular complexity index is 1090.